The summed E-state index contributed by atoms with van der Waals surface area (Å²) in [5, 5.41) is 3.46. The molecule has 0 spiro atoms. The summed E-state index contributed by atoms with van der Waals surface area (Å²) in [5.74, 6) is 0.390. The number of aromatic nitrogens is 1. The molecule has 104 valence electrons. The number of carbonyl (C=O) groups is 1. The first kappa shape index (κ1) is 13.1. The van der Waals surface area contributed by atoms with Crippen LogP contribution >= 0.6 is 11.6 Å². The number of hydrogen-bond donors (Lipinski definition) is 1. The summed E-state index contributed by atoms with van der Waals surface area (Å²) >= 11 is 6.29. The Hall–Kier alpha value is -1.94. The molecule has 1 N–H and O–H groups in total. The van der Waals surface area contributed by atoms with Crippen LogP contribution < -0.4 is 10.1 Å². The van der Waals surface area contributed by atoms with Gasteiger partial charge in [0.05, 0.1) is 23.4 Å². The molecule has 2 aromatic rings. The minimum absolute atomic E-state index is 0.134. The van der Waals surface area contributed by atoms with Crippen molar-refractivity contribution in [1.29, 1.82) is 0 Å². The Labute approximate surface area is 122 Å². The highest BCUT2D eigenvalue weighted by Gasteiger charge is 2.25. The molecule has 1 fully saturated rings. The summed E-state index contributed by atoms with van der Waals surface area (Å²) in [7, 11) is 1.55. The van der Waals surface area contributed by atoms with Crippen LogP contribution in [-0.2, 0) is 0 Å². The summed E-state index contributed by atoms with van der Waals surface area (Å²) < 4.78 is 7.21. The van der Waals surface area contributed by atoms with Crippen LogP contribution in [0.3, 0.4) is 0 Å². The van der Waals surface area contributed by atoms with Crippen LogP contribution in [0.5, 0.6) is 5.75 Å². The number of benzene rings is 1. The van der Waals surface area contributed by atoms with Gasteiger partial charge >= 0.3 is 0 Å². The zero-order chi connectivity index (χ0) is 14.1. The predicted octanol–water partition coefficient (Wildman–Crippen LogP) is 3.03. The number of amides is 1. The number of hydrogen-bond acceptors (Lipinski definition) is 2. The van der Waals surface area contributed by atoms with Gasteiger partial charge in [-0.25, -0.2) is 0 Å². The summed E-state index contributed by atoms with van der Waals surface area (Å²) in [6.07, 6.45) is 5.88. The van der Waals surface area contributed by atoms with Gasteiger partial charge in [0.25, 0.3) is 5.91 Å². The fourth-order valence-corrected chi connectivity index (χ4v) is 2.33. The lowest BCUT2D eigenvalue weighted by atomic mass is 10.1. The number of rotatable bonds is 4. The minimum atomic E-state index is -0.134. The molecule has 4 nitrogen and oxygen atoms in total. The standard InChI is InChI=1S/C15H15ClN2O2/c1-20-14-9-13(18-6-2-3-7-18)12(16)8-11(14)15(19)17-10-4-5-10/h2-3,6-10H,4-5H2,1H3,(H,17,19). The normalized spacial score (nSPS) is 14.1. The number of halogens is 1. The van der Waals surface area contributed by atoms with E-state index in [0.717, 1.165) is 18.5 Å². The van der Waals surface area contributed by atoms with Gasteiger partial charge in [-0.1, -0.05) is 11.6 Å². The van der Waals surface area contributed by atoms with Crippen LogP contribution in [0.2, 0.25) is 5.02 Å². The number of carbonyl (C=O) groups excluding carboxylic acids is 1. The highest BCUT2D eigenvalue weighted by Crippen LogP contribution is 2.30. The first-order valence-electron chi connectivity index (χ1n) is 6.51. The first-order chi connectivity index (χ1) is 9.69. The molecule has 1 amide bonds. The molecule has 1 heterocycles. The fraction of sp³-hybridized carbons (Fsp3) is 0.267. The Kier molecular flexibility index (Phi) is 3.40. The van der Waals surface area contributed by atoms with Crippen molar-refractivity contribution < 1.29 is 9.53 Å². The molecule has 1 aliphatic rings. The van der Waals surface area contributed by atoms with E-state index in [4.69, 9.17) is 16.3 Å². The molecule has 3 rings (SSSR count). The van der Waals surface area contributed by atoms with Gasteiger partial charge in [-0.2, -0.15) is 0 Å². The minimum Gasteiger partial charge on any atom is -0.496 e. The quantitative estimate of drug-likeness (QED) is 0.940. The van der Waals surface area contributed by atoms with Crippen molar-refractivity contribution in [1.82, 2.24) is 9.88 Å². The van der Waals surface area contributed by atoms with Gasteiger partial charge in [0.15, 0.2) is 0 Å². The van der Waals surface area contributed by atoms with Crippen LogP contribution in [-0.4, -0.2) is 23.6 Å². The smallest absolute Gasteiger partial charge is 0.255 e. The second-order valence-electron chi connectivity index (χ2n) is 4.84. The highest BCUT2D eigenvalue weighted by atomic mass is 35.5. The molecule has 1 aliphatic carbocycles. The number of methoxy groups -OCH3 is 1. The Bertz CT molecular complexity index is 634. The van der Waals surface area contributed by atoms with E-state index in [9.17, 15) is 4.79 Å². The third kappa shape index (κ3) is 2.51. The Balaban J connectivity index is 1.98. The van der Waals surface area contributed by atoms with Gasteiger partial charge in [0.1, 0.15) is 5.75 Å². The maximum Gasteiger partial charge on any atom is 0.255 e. The molecule has 0 aliphatic heterocycles. The van der Waals surface area contributed by atoms with Crippen molar-refractivity contribution in [3.63, 3.8) is 0 Å². The molecule has 0 bridgehead atoms. The third-order valence-electron chi connectivity index (χ3n) is 3.31. The van der Waals surface area contributed by atoms with Crippen molar-refractivity contribution in [3.05, 3.63) is 47.2 Å². The van der Waals surface area contributed by atoms with E-state index in [1.807, 2.05) is 29.1 Å². The van der Waals surface area contributed by atoms with E-state index in [0.29, 0.717) is 22.4 Å². The van der Waals surface area contributed by atoms with E-state index < -0.39 is 0 Å². The molecule has 20 heavy (non-hydrogen) atoms. The second-order valence-corrected chi connectivity index (χ2v) is 5.25. The van der Waals surface area contributed by atoms with Crippen LogP contribution in [0.1, 0.15) is 23.2 Å². The van der Waals surface area contributed by atoms with Gasteiger partial charge in [0.2, 0.25) is 0 Å². The Morgan fingerprint density at radius 3 is 2.65 bits per heavy atom. The Morgan fingerprint density at radius 2 is 2.05 bits per heavy atom. The number of ether oxygens (including phenoxy) is 1. The van der Waals surface area contributed by atoms with Gasteiger partial charge < -0.3 is 14.6 Å². The zero-order valence-electron chi connectivity index (χ0n) is 11.1. The predicted molar refractivity (Wildman–Crippen MR) is 77.8 cm³/mol. The largest absolute Gasteiger partial charge is 0.496 e. The third-order valence-corrected chi connectivity index (χ3v) is 3.61. The second kappa shape index (κ2) is 5.21. The number of nitrogens with one attached hydrogen (secondary N) is 1. The van der Waals surface area contributed by atoms with Crippen molar-refractivity contribution in [2.45, 2.75) is 18.9 Å². The van der Waals surface area contributed by atoms with Gasteiger partial charge in [-0.3, -0.25) is 4.79 Å². The zero-order valence-corrected chi connectivity index (χ0v) is 11.9. The average molecular weight is 291 g/mol. The van der Waals surface area contributed by atoms with E-state index in [2.05, 4.69) is 5.32 Å². The number of nitrogens with zero attached hydrogens (tertiary/aromatic N) is 1. The van der Waals surface area contributed by atoms with Crippen LogP contribution in [0, 0.1) is 0 Å². The van der Waals surface area contributed by atoms with Gasteiger partial charge in [0, 0.05) is 24.5 Å². The maximum atomic E-state index is 12.2. The SMILES string of the molecule is COc1cc(-n2cccc2)c(Cl)cc1C(=O)NC1CC1. The van der Waals surface area contributed by atoms with Crippen LogP contribution in [0.4, 0.5) is 0 Å². The maximum absolute atomic E-state index is 12.2. The fourth-order valence-electron chi connectivity index (χ4n) is 2.07. The molecule has 0 atom stereocenters. The van der Waals surface area contributed by atoms with Gasteiger partial charge in [-0.05, 0) is 31.0 Å². The molecule has 1 saturated carbocycles. The lowest BCUT2D eigenvalue weighted by molar-refractivity contribution is 0.0948. The summed E-state index contributed by atoms with van der Waals surface area (Å²) in [6, 6.07) is 7.57. The average Bonchev–Trinajstić information content (AvgIpc) is 3.09. The summed E-state index contributed by atoms with van der Waals surface area (Å²) in [5.41, 5.74) is 1.26. The molecule has 0 radical (unpaired) electrons. The molecular weight excluding hydrogens is 276 g/mol. The van der Waals surface area contributed by atoms with Gasteiger partial charge in [-0.15, -0.1) is 0 Å². The molecule has 0 saturated heterocycles. The van der Waals surface area contributed by atoms with Crippen molar-refractivity contribution >= 4 is 17.5 Å². The van der Waals surface area contributed by atoms with E-state index in [1.165, 1.54) is 0 Å². The van der Waals surface area contributed by atoms with Crippen LogP contribution in [0.15, 0.2) is 36.7 Å². The lowest BCUT2D eigenvalue weighted by Gasteiger charge is -2.13. The summed E-state index contributed by atoms with van der Waals surface area (Å²) in [6.45, 7) is 0. The topological polar surface area (TPSA) is 43.3 Å². The first-order valence-corrected chi connectivity index (χ1v) is 6.88. The van der Waals surface area contributed by atoms with Crippen molar-refractivity contribution in [2.75, 3.05) is 7.11 Å². The Morgan fingerprint density at radius 1 is 1.35 bits per heavy atom. The molecule has 5 heteroatoms. The molecule has 0 unspecified atom stereocenters. The van der Waals surface area contributed by atoms with Crippen LogP contribution in [0.25, 0.3) is 5.69 Å². The van der Waals surface area contributed by atoms with E-state index >= 15 is 0 Å². The van der Waals surface area contributed by atoms with E-state index in [1.54, 1.807) is 19.2 Å². The van der Waals surface area contributed by atoms with Crippen molar-refractivity contribution in [3.8, 4) is 11.4 Å². The molecule has 1 aromatic carbocycles. The highest BCUT2D eigenvalue weighted by molar-refractivity contribution is 6.33. The monoisotopic (exact) mass is 290 g/mol. The lowest BCUT2D eigenvalue weighted by Crippen LogP contribution is -2.25. The van der Waals surface area contributed by atoms with E-state index in [-0.39, 0.29) is 5.91 Å². The van der Waals surface area contributed by atoms with Crippen molar-refractivity contribution in [2.24, 2.45) is 0 Å². The molecule has 1 aromatic heterocycles. The summed E-state index contributed by atoms with van der Waals surface area (Å²) in [4.78, 5) is 12.2. The molecular formula is C15H15ClN2O2.